The van der Waals surface area contributed by atoms with Crippen molar-refractivity contribution in [2.24, 2.45) is 0 Å². The number of benzene rings is 2. The number of anilines is 1. The number of nitrogens with one attached hydrogen (secondary N) is 1. The second-order valence-corrected chi connectivity index (χ2v) is 7.87. The molecule has 2 aromatic rings. The van der Waals surface area contributed by atoms with Gasteiger partial charge in [0, 0.05) is 0 Å². The summed E-state index contributed by atoms with van der Waals surface area (Å²) in [5.41, 5.74) is 0.645. The predicted octanol–water partition coefficient (Wildman–Crippen LogP) is 5.36. The molecule has 3 rings (SSSR count). The summed E-state index contributed by atoms with van der Waals surface area (Å²) >= 11 is 6.46. The van der Waals surface area contributed by atoms with Gasteiger partial charge in [0.25, 0.3) is 11.8 Å². The SMILES string of the molecule is CCCCCCOc1c(Cl)cc(C=C2C(=O)NC(=O)N(c3ccccc3)C2=O)cc1OCC. The molecule has 0 unspecified atom stereocenters. The summed E-state index contributed by atoms with van der Waals surface area (Å²) in [7, 11) is 0. The van der Waals surface area contributed by atoms with Gasteiger partial charge in [-0.25, -0.2) is 9.69 Å². The molecule has 0 radical (unpaired) electrons. The number of halogens is 1. The Morgan fingerprint density at radius 3 is 2.45 bits per heavy atom. The number of barbiturate groups is 1. The topological polar surface area (TPSA) is 84.9 Å². The number of nitrogens with zero attached hydrogens (tertiary/aromatic N) is 1. The third-order valence-corrected chi connectivity index (χ3v) is 5.28. The van der Waals surface area contributed by atoms with E-state index in [0.717, 1.165) is 30.6 Å². The van der Waals surface area contributed by atoms with Crippen molar-refractivity contribution in [3.05, 3.63) is 58.6 Å². The van der Waals surface area contributed by atoms with Crippen LogP contribution in [0.5, 0.6) is 11.5 Å². The molecular weight excluding hydrogens is 444 g/mol. The lowest BCUT2D eigenvalue weighted by molar-refractivity contribution is -0.122. The van der Waals surface area contributed by atoms with E-state index in [1.165, 1.54) is 6.08 Å². The molecule has 1 fully saturated rings. The van der Waals surface area contributed by atoms with Gasteiger partial charge in [0.2, 0.25) is 0 Å². The van der Waals surface area contributed by atoms with E-state index in [4.69, 9.17) is 21.1 Å². The number of hydrogen-bond acceptors (Lipinski definition) is 5. The maximum Gasteiger partial charge on any atom is 0.335 e. The third kappa shape index (κ3) is 5.93. The highest BCUT2D eigenvalue weighted by Gasteiger charge is 2.36. The zero-order valence-corrected chi connectivity index (χ0v) is 19.5. The summed E-state index contributed by atoms with van der Waals surface area (Å²) in [6.45, 7) is 4.88. The summed E-state index contributed by atoms with van der Waals surface area (Å²) in [6.07, 6.45) is 5.63. The second kappa shape index (κ2) is 11.5. The lowest BCUT2D eigenvalue weighted by Crippen LogP contribution is -2.54. The Kier molecular flexibility index (Phi) is 8.49. The molecule has 0 atom stereocenters. The van der Waals surface area contributed by atoms with Crippen LogP contribution in [-0.4, -0.2) is 31.1 Å². The predicted molar refractivity (Wildman–Crippen MR) is 128 cm³/mol. The highest BCUT2D eigenvalue weighted by Crippen LogP contribution is 2.37. The quantitative estimate of drug-likeness (QED) is 0.287. The molecule has 0 saturated carbocycles. The van der Waals surface area contributed by atoms with Crippen LogP contribution >= 0.6 is 11.6 Å². The van der Waals surface area contributed by atoms with Gasteiger partial charge in [-0.1, -0.05) is 56.0 Å². The van der Waals surface area contributed by atoms with Crippen molar-refractivity contribution in [3.63, 3.8) is 0 Å². The first-order valence-corrected chi connectivity index (χ1v) is 11.4. The Balaban J connectivity index is 1.89. The number of hydrogen-bond donors (Lipinski definition) is 1. The summed E-state index contributed by atoms with van der Waals surface area (Å²) in [5.74, 6) is -0.646. The van der Waals surface area contributed by atoms with Gasteiger partial charge in [-0.2, -0.15) is 0 Å². The molecule has 0 aromatic heterocycles. The van der Waals surface area contributed by atoms with Crippen molar-refractivity contribution in [3.8, 4) is 11.5 Å². The van der Waals surface area contributed by atoms with Gasteiger partial charge in [0.1, 0.15) is 5.57 Å². The number of urea groups is 1. The Hall–Kier alpha value is -3.32. The maximum atomic E-state index is 13.0. The highest BCUT2D eigenvalue weighted by molar-refractivity contribution is 6.39. The van der Waals surface area contributed by atoms with E-state index < -0.39 is 17.8 Å². The first-order valence-electron chi connectivity index (χ1n) is 11.0. The van der Waals surface area contributed by atoms with Crippen molar-refractivity contribution in [1.29, 1.82) is 0 Å². The second-order valence-electron chi connectivity index (χ2n) is 7.47. The Morgan fingerprint density at radius 2 is 1.76 bits per heavy atom. The monoisotopic (exact) mass is 470 g/mol. The molecule has 0 bridgehead atoms. The number of rotatable bonds is 10. The number of amides is 4. The zero-order valence-electron chi connectivity index (χ0n) is 18.7. The normalized spacial score (nSPS) is 15.1. The molecule has 2 aromatic carbocycles. The van der Waals surface area contributed by atoms with E-state index in [1.807, 2.05) is 6.92 Å². The minimum absolute atomic E-state index is 0.190. The minimum atomic E-state index is -0.798. The highest BCUT2D eigenvalue weighted by atomic mass is 35.5. The van der Waals surface area contributed by atoms with Gasteiger partial charge >= 0.3 is 6.03 Å². The van der Waals surface area contributed by atoms with Gasteiger partial charge in [0.05, 0.1) is 23.9 Å². The van der Waals surface area contributed by atoms with Gasteiger partial charge in [-0.05, 0) is 49.2 Å². The summed E-state index contributed by atoms with van der Waals surface area (Å²) in [6, 6.07) is 10.9. The van der Waals surface area contributed by atoms with Crippen LogP contribution < -0.4 is 19.7 Å². The van der Waals surface area contributed by atoms with Crippen molar-refractivity contribution in [1.82, 2.24) is 5.32 Å². The number of para-hydroxylation sites is 1. The summed E-state index contributed by atoms with van der Waals surface area (Å²) in [4.78, 5) is 38.7. The summed E-state index contributed by atoms with van der Waals surface area (Å²) in [5, 5.41) is 2.52. The fourth-order valence-corrected chi connectivity index (χ4v) is 3.69. The first kappa shape index (κ1) is 24.3. The van der Waals surface area contributed by atoms with E-state index in [2.05, 4.69) is 12.2 Å². The van der Waals surface area contributed by atoms with Crippen LogP contribution in [0.1, 0.15) is 45.1 Å². The van der Waals surface area contributed by atoms with Crippen molar-refractivity contribution in [2.45, 2.75) is 39.5 Å². The fraction of sp³-hybridized carbons (Fsp3) is 0.320. The third-order valence-electron chi connectivity index (χ3n) is 5.00. The Labute approximate surface area is 198 Å². The van der Waals surface area contributed by atoms with E-state index >= 15 is 0 Å². The largest absolute Gasteiger partial charge is 0.490 e. The van der Waals surface area contributed by atoms with Gasteiger partial charge in [-0.15, -0.1) is 0 Å². The molecule has 1 aliphatic rings. The van der Waals surface area contributed by atoms with Crippen LogP contribution in [0.2, 0.25) is 5.02 Å². The minimum Gasteiger partial charge on any atom is -0.490 e. The van der Waals surface area contributed by atoms with Crippen molar-refractivity contribution in [2.75, 3.05) is 18.1 Å². The molecule has 0 aliphatic carbocycles. The molecule has 1 aliphatic heterocycles. The molecule has 1 saturated heterocycles. The van der Waals surface area contributed by atoms with Gasteiger partial charge < -0.3 is 9.47 Å². The number of unbranched alkanes of at least 4 members (excludes halogenated alkanes) is 3. The number of carbonyl (C=O) groups is 3. The number of imide groups is 2. The van der Waals surface area contributed by atoms with Crippen molar-refractivity contribution >= 4 is 41.2 Å². The first-order chi connectivity index (χ1) is 16.0. The zero-order chi connectivity index (χ0) is 23.8. The molecule has 174 valence electrons. The smallest absolute Gasteiger partial charge is 0.335 e. The van der Waals surface area contributed by atoms with Crippen LogP contribution in [0.25, 0.3) is 6.08 Å². The van der Waals surface area contributed by atoms with Crippen LogP contribution in [0.3, 0.4) is 0 Å². The Bertz CT molecular complexity index is 1050. The van der Waals surface area contributed by atoms with Crippen LogP contribution in [0.15, 0.2) is 48.0 Å². The summed E-state index contributed by atoms with van der Waals surface area (Å²) < 4.78 is 11.6. The standard InChI is InChI=1S/C25H27ClN2O5/c1-3-5-6-10-13-33-22-20(26)15-17(16-21(22)32-4-2)14-19-23(29)27-25(31)28(24(19)30)18-11-8-7-9-12-18/h7-9,11-12,14-16H,3-6,10,13H2,1-2H3,(H,27,29,31). The van der Waals surface area contributed by atoms with Gasteiger partial charge in [-0.3, -0.25) is 14.9 Å². The average molecular weight is 471 g/mol. The number of carbonyl (C=O) groups excluding carboxylic acids is 3. The number of ether oxygens (including phenoxy) is 2. The van der Waals surface area contributed by atoms with Crippen LogP contribution in [0, 0.1) is 0 Å². The van der Waals surface area contributed by atoms with Crippen LogP contribution in [-0.2, 0) is 9.59 Å². The average Bonchev–Trinajstić information content (AvgIpc) is 2.79. The fourth-order valence-electron chi connectivity index (χ4n) is 3.41. The van der Waals surface area contributed by atoms with E-state index in [9.17, 15) is 14.4 Å². The molecule has 7 nitrogen and oxygen atoms in total. The molecule has 0 spiro atoms. The molecule has 33 heavy (non-hydrogen) atoms. The van der Waals surface area contributed by atoms with Crippen LogP contribution in [0.4, 0.5) is 10.5 Å². The molecule has 4 amide bonds. The molecule has 8 heteroatoms. The maximum absolute atomic E-state index is 13.0. The Morgan fingerprint density at radius 1 is 1.00 bits per heavy atom. The van der Waals surface area contributed by atoms with E-state index in [1.54, 1.807) is 42.5 Å². The van der Waals surface area contributed by atoms with E-state index in [-0.39, 0.29) is 5.57 Å². The lowest BCUT2D eigenvalue weighted by atomic mass is 10.1. The molecule has 1 heterocycles. The molecule has 1 N–H and O–H groups in total. The van der Waals surface area contributed by atoms with Gasteiger partial charge in [0.15, 0.2) is 11.5 Å². The molecular formula is C25H27ClN2O5. The van der Waals surface area contributed by atoms with E-state index in [0.29, 0.717) is 41.0 Å². The lowest BCUT2D eigenvalue weighted by Gasteiger charge is -2.26. The van der Waals surface area contributed by atoms with Crippen molar-refractivity contribution < 1.29 is 23.9 Å².